The largest absolute Gasteiger partial charge is 0.508 e. The second-order valence-corrected chi connectivity index (χ2v) is 4.21. The Labute approximate surface area is 104 Å². The molecule has 2 aromatic carbocycles. The smallest absolute Gasteiger partial charge is 0.123 e. The minimum absolute atomic E-state index is 0.0154. The van der Waals surface area contributed by atoms with Crippen molar-refractivity contribution in [3.63, 3.8) is 0 Å². The molecule has 0 bridgehead atoms. The monoisotopic (exact) mass is 246 g/mol. The van der Waals surface area contributed by atoms with Gasteiger partial charge in [0.25, 0.3) is 0 Å². The molecule has 18 heavy (non-hydrogen) atoms. The van der Waals surface area contributed by atoms with E-state index in [9.17, 15) is 20.4 Å². The Hall–Kier alpha value is -2.36. The molecular formula is C14H14O4. The molecule has 0 heterocycles. The third kappa shape index (κ3) is 2.18. The van der Waals surface area contributed by atoms with Crippen LogP contribution in [0.2, 0.25) is 0 Å². The Morgan fingerprint density at radius 1 is 0.722 bits per heavy atom. The molecule has 4 heteroatoms. The maximum Gasteiger partial charge on any atom is 0.123 e. The van der Waals surface area contributed by atoms with Crippen LogP contribution in [0.25, 0.3) is 0 Å². The number of hydrogen-bond donors (Lipinski definition) is 4. The first-order chi connectivity index (χ1) is 8.49. The Morgan fingerprint density at radius 2 is 1.11 bits per heavy atom. The molecule has 4 nitrogen and oxygen atoms in total. The quantitative estimate of drug-likeness (QED) is 0.656. The molecule has 0 aliphatic carbocycles. The van der Waals surface area contributed by atoms with E-state index in [2.05, 4.69) is 0 Å². The average Bonchev–Trinajstić information content (AvgIpc) is 2.28. The number of hydrogen-bond acceptors (Lipinski definition) is 4. The first-order valence-corrected chi connectivity index (χ1v) is 5.53. The van der Waals surface area contributed by atoms with Crippen LogP contribution in [0.3, 0.4) is 0 Å². The summed E-state index contributed by atoms with van der Waals surface area (Å²) in [5.74, 6) is -0.354. The average molecular weight is 246 g/mol. The van der Waals surface area contributed by atoms with Crippen LogP contribution >= 0.6 is 0 Å². The molecule has 0 radical (unpaired) electrons. The van der Waals surface area contributed by atoms with Crippen LogP contribution < -0.4 is 0 Å². The van der Waals surface area contributed by atoms with Gasteiger partial charge in [-0.25, -0.2) is 0 Å². The molecule has 0 unspecified atom stereocenters. The Bertz CT molecular complexity index is 527. The number of benzene rings is 2. The molecule has 0 aromatic heterocycles. The van der Waals surface area contributed by atoms with E-state index < -0.39 is 0 Å². The lowest BCUT2D eigenvalue weighted by molar-refractivity contribution is 0.438. The summed E-state index contributed by atoms with van der Waals surface area (Å²) in [6, 6.07) is 8.65. The fourth-order valence-corrected chi connectivity index (χ4v) is 1.96. The lowest BCUT2D eigenvalue weighted by Gasteiger charge is -2.15. The van der Waals surface area contributed by atoms with Crippen molar-refractivity contribution < 1.29 is 20.4 Å². The first kappa shape index (κ1) is 12.1. The van der Waals surface area contributed by atoms with E-state index in [1.54, 1.807) is 12.1 Å². The fraction of sp³-hybridized carbons (Fsp3) is 0.143. The molecule has 2 aromatic rings. The molecule has 0 aliphatic heterocycles. The van der Waals surface area contributed by atoms with Gasteiger partial charge < -0.3 is 20.4 Å². The van der Waals surface area contributed by atoms with Gasteiger partial charge in [0.1, 0.15) is 23.0 Å². The lowest BCUT2D eigenvalue weighted by Crippen LogP contribution is -1.97. The number of phenolic OH excluding ortho intramolecular Hbond substituents is 4. The van der Waals surface area contributed by atoms with E-state index in [-0.39, 0.29) is 28.9 Å². The molecular weight excluding hydrogens is 232 g/mol. The Balaban J connectivity index is 2.44. The molecule has 94 valence electrons. The predicted octanol–water partition coefficient (Wildman–Crippen LogP) is 2.66. The molecule has 2 rings (SSSR count). The summed E-state index contributed by atoms with van der Waals surface area (Å²) in [4.78, 5) is 0. The van der Waals surface area contributed by atoms with Gasteiger partial charge in [0, 0.05) is 29.2 Å². The van der Waals surface area contributed by atoms with Gasteiger partial charge in [0.05, 0.1) is 0 Å². The molecule has 0 saturated carbocycles. The predicted molar refractivity (Wildman–Crippen MR) is 67.1 cm³/mol. The van der Waals surface area contributed by atoms with Crippen molar-refractivity contribution in [2.45, 2.75) is 12.8 Å². The molecule has 0 amide bonds. The van der Waals surface area contributed by atoms with Crippen molar-refractivity contribution in [2.75, 3.05) is 0 Å². The van der Waals surface area contributed by atoms with Crippen LogP contribution in [-0.2, 0) is 0 Å². The van der Waals surface area contributed by atoms with Gasteiger partial charge in [-0.2, -0.15) is 0 Å². The van der Waals surface area contributed by atoms with Gasteiger partial charge in [0.2, 0.25) is 0 Å². The van der Waals surface area contributed by atoms with E-state index in [0.29, 0.717) is 11.1 Å². The highest BCUT2D eigenvalue weighted by Crippen LogP contribution is 2.37. The number of phenols is 4. The van der Waals surface area contributed by atoms with Crippen LogP contribution in [0.15, 0.2) is 36.4 Å². The van der Waals surface area contributed by atoms with Crippen molar-refractivity contribution in [2.24, 2.45) is 0 Å². The Morgan fingerprint density at radius 3 is 1.44 bits per heavy atom. The van der Waals surface area contributed by atoms with Gasteiger partial charge in [-0.15, -0.1) is 0 Å². The van der Waals surface area contributed by atoms with Crippen LogP contribution in [0, 0.1) is 0 Å². The fourth-order valence-electron chi connectivity index (χ4n) is 1.96. The van der Waals surface area contributed by atoms with E-state index in [4.69, 9.17) is 0 Å². The normalized spacial score (nSPS) is 10.8. The second kappa shape index (κ2) is 4.49. The van der Waals surface area contributed by atoms with Crippen LogP contribution in [0.5, 0.6) is 23.0 Å². The van der Waals surface area contributed by atoms with Crippen molar-refractivity contribution in [3.8, 4) is 23.0 Å². The molecule has 0 spiro atoms. The zero-order valence-electron chi connectivity index (χ0n) is 9.83. The van der Waals surface area contributed by atoms with Crippen LogP contribution in [0.4, 0.5) is 0 Å². The molecule has 0 aliphatic rings. The van der Waals surface area contributed by atoms with Gasteiger partial charge in [-0.05, 0) is 12.1 Å². The zero-order valence-corrected chi connectivity index (χ0v) is 9.83. The van der Waals surface area contributed by atoms with Crippen molar-refractivity contribution in [1.29, 1.82) is 0 Å². The molecule has 0 fully saturated rings. The van der Waals surface area contributed by atoms with E-state index in [1.165, 1.54) is 24.3 Å². The summed E-state index contributed by atoms with van der Waals surface area (Å²) in [5, 5.41) is 38.0. The van der Waals surface area contributed by atoms with Crippen molar-refractivity contribution in [1.82, 2.24) is 0 Å². The van der Waals surface area contributed by atoms with Gasteiger partial charge in [-0.1, -0.05) is 19.1 Å². The molecule has 4 N–H and O–H groups in total. The van der Waals surface area contributed by atoms with Gasteiger partial charge in [0.15, 0.2) is 0 Å². The highest BCUT2D eigenvalue weighted by molar-refractivity contribution is 5.49. The molecule has 0 atom stereocenters. The van der Waals surface area contributed by atoms with E-state index in [0.717, 1.165) is 0 Å². The first-order valence-electron chi connectivity index (χ1n) is 5.53. The lowest BCUT2D eigenvalue weighted by atomic mass is 9.91. The molecule has 0 saturated heterocycles. The topological polar surface area (TPSA) is 80.9 Å². The standard InChI is InChI=1S/C14H14O4/c1-8(11-4-2-9(15)6-13(11)17)12-5-3-10(16)7-14(12)18/h2-8,15-18H,1H3. The van der Waals surface area contributed by atoms with E-state index in [1.807, 2.05) is 6.92 Å². The minimum Gasteiger partial charge on any atom is -0.508 e. The van der Waals surface area contributed by atoms with Crippen LogP contribution in [0.1, 0.15) is 24.0 Å². The maximum absolute atomic E-state index is 9.78. The number of aromatic hydroxyl groups is 4. The summed E-state index contributed by atoms with van der Waals surface area (Å²) in [6.45, 7) is 1.82. The summed E-state index contributed by atoms with van der Waals surface area (Å²) in [6.07, 6.45) is 0. The van der Waals surface area contributed by atoms with Gasteiger partial charge >= 0.3 is 0 Å². The zero-order chi connectivity index (χ0) is 13.3. The minimum atomic E-state index is -0.258. The maximum atomic E-state index is 9.78. The summed E-state index contributed by atoms with van der Waals surface area (Å²) in [7, 11) is 0. The number of rotatable bonds is 2. The van der Waals surface area contributed by atoms with Crippen LogP contribution in [-0.4, -0.2) is 20.4 Å². The van der Waals surface area contributed by atoms with Crippen molar-refractivity contribution >= 4 is 0 Å². The third-order valence-electron chi connectivity index (χ3n) is 2.96. The van der Waals surface area contributed by atoms with Gasteiger partial charge in [-0.3, -0.25) is 0 Å². The van der Waals surface area contributed by atoms with Crippen molar-refractivity contribution in [3.05, 3.63) is 47.5 Å². The summed E-state index contributed by atoms with van der Waals surface area (Å²) >= 11 is 0. The summed E-state index contributed by atoms with van der Waals surface area (Å²) in [5.41, 5.74) is 1.18. The second-order valence-electron chi connectivity index (χ2n) is 4.21. The highest BCUT2D eigenvalue weighted by Gasteiger charge is 2.16. The summed E-state index contributed by atoms with van der Waals surface area (Å²) < 4.78 is 0. The van der Waals surface area contributed by atoms with E-state index >= 15 is 0 Å². The highest BCUT2D eigenvalue weighted by atomic mass is 16.3. The Kier molecular flexibility index (Phi) is 3.02. The SMILES string of the molecule is CC(c1ccc(O)cc1O)c1ccc(O)cc1O. The third-order valence-corrected chi connectivity index (χ3v) is 2.96.